The van der Waals surface area contributed by atoms with E-state index in [-0.39, 0.29) is 36.2 Å². The molecule has 1 fully saturated rings. The van der Waals surface area contributed by atoms with Crippen LogP contribution in [0, 0.1) is 0 Å². The van der Waals surface area contributed by atoms with Crippen LogP contribution in [0.4, 0.5) is 4.79 Å². The molecular weight excluding hydrogens is 340 g/mol. The minimum atomic E-state index is -0.742. The Morgan fingerprint density at radius 2 is 2.04 bits per heavy atom. The zero-order valence-electron chi connectivity index (χ0n) is 13.1. The van der Waals surface area contributed by atoms with E-state index in [4.69, 9.17) is 27.4 Å². The average molecular weight is 360 g/mol. The number of thiocarbonyl (C=S) groups is 1. The van der Waals surface area contributed by atoms with Crippen molar-refractivity contribution < 1.29 is 23.8 Å². The minimum absolute atomic E-state index is 0.0271. The molecule has 0 aromatic carbocycles. The highest BCUT2D eigenvalue weighted by atomic mass is 32.2. The second kappa shape index (κ2) is 7.98. The average Bonchev–Trinajstić information content (AvgIpc) is 2.56. The van der Waals surface area contributed by atoms with Crippen LogP contribution >= 0.6 is 24.0 Å². The number of carbonyl (C=O) groups excluding carboxylic acids is 2. The molecule has 0 aromatic heterocycles. The summed E-state index contributed by atoms with van der Waals surface area (Å²) in [5.74, 6) is 0.633. The number of nitrogens with two attached hydrogens (primary N) is 1. The van der Waals surface area contributed by atoms with Crippen LogP contribution in [0.3, 0.4) is 0 Å². The number of carbonyl (C=O) groups is 2. The van der Waals surface area contributed by atoms with Gasteiger partial charge in [-0.15, -0.1) is 11.8 Å². The normalized spacial score (nSPS) is 23.1. The fraction of sp³-hybridized carbons (Fsp3) is 0.643. The number of nitrogens with zero attached hydrogens (tertiary/aromatic N) is 1. The van der Waals surface area contributed by atoms with E-state index < -0.39 is 12.2 Å². The van der Waals surface area contributed by atoms with Crippen molar-refractivity contribution in [2.75, 3.05) is 25.6 Å². The van der Waals surface area contributed by atoms with Crippen molar-refractivity contribution in [3.8, 4) is 0 Å². The molecule has 0 saturated carbocycles. The van der Waals surface area contributed by atoms with Gasteiger partial charge in [-0.2, -0.15) is 0 Å². The van der Waals surface area contributed by atoms with Crippen LogP contribution in [0.15, 0.2) is 11.3 Å². The molecule has 2 heterocycles. The number of β-lactam (4-membered cyclic amide) rings is 1. The number of ether oxygens (including phenoxy) is 3. The van der Waals surface area contributed by atoms with Gasteiger partial charge in [-0.05, 0) is 31.1 Å². The van der Waals surface area contributed by atoms with Crippen LogP contribution in [0.2, 0.25) is 0 Å². The highest BCUT2D eigenvalue weighted by Crippen LogP contribution is 2.40. The largest absolute Gasteiger partial charge is 0.508 e. The lowest BCUT2D eigenvalue weighted by molar-refractivity contribution is -0.140. The monoisotopic (exact) mass is 360 g/mol. The number of rotatable bonds is 6. The number of thioether (sulfide) groups is 1. The van der Waals surface area contributed by atoms with Gasteiger partial charge in [0.15, 0.2) is 0 Å². The summed E-state index contributed by atoms with van der Waals surface area (Å²) >= 11 is 6.94. The molecule has 2 N–H and O–H groups in total. The summed E-state index contributed by atoms with van der Waals surface area (Å²) in [6.45, 7) is 4.08. The number of hydrogen-bond acceptors (Lipinski definition) is 8. The zero-order valence-corrected chi connectivity index (χ0v) is 14.7. The Morgan fingerprint density at radius 3 is 2.70 bits per heavy atom. The molecule has 1 amide bonds. The molecule has 2 rings (SSSR count). The summed E-state index contributed by atoms with van der Waals surface area (Å²) in [4.78, 5) is 24.7. The first-order chi connectivity index (χ1) is 11.0. The Morgan fingerprint density at radius 1 is 1.35 bits per heavy atom. The molecule has 0 spiro atoms. The molecule has 23 heavy (non-hydrogen) atoms. The highest BCUT2D eigenvalue weighted by Gasteiger charge is 2.50. The molecule has 0 aliphatic carbocycles. The maximum atomic E-state index is 12.0. The van der Waals surface area contributed by atoms with E-state index in [9.17, 15) is 9.59 Å². The van der Waals surface area contributed by atoms with Crippen LogP contribution in [-0.2, 0) is 19.0 Å². The Labute approximate surface area is 144 Å². The quantitative estimate of drug-likeness (QED) is 0.329. The molecule has 0 aromatic rings. The summed E-state index contributed by atoms with van der Waals surface area (Å²) < 4.78 is 14.9. The zero-order chi connectivity index (χ0) is 17.0. The Bertz CT molecular complexity index is 537. The fourth-order valence-electron chi connectivity index (χ4n) is 2.33. The maximum Gasteiger partial charge on any atom is 0.508 e. The third kappa shape index (κ3) is 3.78. The van der Waals surface area contributed by atoms with Crippen LogP contribution in [0.25, 0.3) is 0 Å². The van der Waals surface area contributed by atoms with Crippen molar-refractivity contribution in [2.45, 2.75) is 31.7 Å². The van der Waals surface area contributed by atoms with Gasteiger partial charge in [0.25, 0.3) is 0 Å². The topological polar surface area (TPSA) is 91.1 Å². The number of amides is 1. The number of hydrogen-bond donors (Lipinski definition) is 1. The van der Waals surface area contributed by atoms with E-state index in [1.54, 1.807) is 23.6 Å². The SMILES string of the molecule is CCOC(=O)OCCOC(=S)C1=C(CC)CS[C@@H]2C(N)C(=O)N12. The van der Waals surface area contributed by atoms with Crippen molar-refractivity contribution >= 4 is 41.1 Å². The Hall–Kier alpha value is -1.32. The summed E-state index contributed by atoms with van der Waals surface area (Å²) in [5, 5.41) is 0.157. The lowest BCUT2D eigenvalue weighted by Gasteiger charge is -2.49. The first kappa shape index (κ1) is 18.0. The Kier molecular flexibility index (Phi) is 6.25. The molecular formula is C14H20N2O5S2. The highest BCUT2D eigenvalue weighted by molar-refractivity contribution is 8.00. The van der Waals surface area contributed by atoms with Crippen molar-refractivity contribution in [2.24, 2.45) is 5.73 Å². The van der Waals surface area contributed by atoms with Crippen molar-refractivity contribution in [1.82, 2.24) is 4.90 Å². The summed E-state index contributed by atoms with van der Waals surface area (Å²) in [6, 6.07) is -0.483. The smallest absolute Gasteiger partial charge is 0.478 e. The third-order valence-electron chi connectivity index (χ3n) is 3.51. The van der Waals surface area contributed by atoms with Gasteiger partial charge in [0.05, 0.1) is 12.3 Å². The van der Waals surface area contributed by atoms with Gasteiger partial charge in [-0.3, -0.25) is 9.69 Å². The summed E-state index contributed by atoms with van der Waals surface area (Å²) in [5.41, 5.74) is 7.52. The molecule has 2 atom stereocenters. The molecule has 128 valence electrons. The van der Waals surface area contributed by atoms with E-state index in [0.717, 1.165) is 17.7 Å². The van der Waals surface area contributed by atoms with Gasteiger partial charge in [0.2, 0.25) is 11.0 Å². The third-order valence-corrected chi connectivity index (χ3v) is 5.18. The van der Waals surface area contributed by atoms with Crippen molar-refractivity contribution in [3.63, 3.8) is 0 Å². The van der Waals surface area contributed by atoms with E-state index in [1.165, 1.54) is 0 Å². The van der Waals surface area contributed by atoms with E-state index in [2.05, 4.69) is 4.74 Å². The summed E-state index contributed by atoms with van der Waals surface area (Å²) in [6.07, 6.45) is 0.0326. The van der Waals surface area contributed by atoms with E-state index in [0.29, 0.717) is 5.70 Å². The first-order valence-corrected chi connectivity index (χ1v) is 8.85. The predicted molar refractivity (Wildman–Crippen MR) is 89.9 cm³/mol. The second-order valence-electron chi connectivity index (χ2n) is 4.91. The lowest BCUT2D eigenvalue weighted by Crippen LogP contribution is -2.68. The molecule has 0 radical (unpaired) electrons. The molecule has 9 heteroatoms. The van der Waals surface area contributed by atoms with Crippen LogP contribution in [0.5, 0.6) is 0 Å². The molecule has 2 aliphatic heterocycles. The van der Waals surface area contributed by atoms with Gasteiger partial charge < -0.3 is 19.9 Å². The molecule has 0 bridgehead atoms. The Balaban J connectivity index is 1.92. The van der Waals surface area contributed by atoms with Gasteiger partial charge in [0, 0.05) is 5.75 Å². The van der Waals surface area contributed by atoms with Crippen LogP contribution < -0.4 is 5.73 Å². The molecule has 1 unspecified atom stereocenters. The first-order valence-electron chi connectivity index (χ1n) is 7.40. The van der Waals surface area contributed by atoms with Gasteiger partial charge in [-0.25, -0.2) is 4.79 Å². The van der Waals surface area contributed by atoms with Gasteiger partial charge in [-0.1, -0.05) is 6.92 Å². The van der Waals surface area contributed by atoms with E-state index in [1.807, 2.05) is 6.92 Å². The number of fused-ring (bicyclic) bond motifs is 1. The second-order valence-corrected chi connectivity index (χ2v) is 6.38. The maximum absolute atomic E-state index is 12.0. The lowest BCUT2D eigenvalue weighted by atomic mass is 10.0. The predicted octanol–water partition coefficient (Wildman–Crippen LogP) is 1.41. The molecule has 2 aliphatic rings. The fourth-order valence-corrected chi connectivity index (χ4v) is 4.05. The van der Waals surface area contributed by atoms with Crippen molar-refractivity contribution in [1.29, 1.82) is 0 Å². The van der Waals surface area contributed by atoms with Crippen LogP contribution in [-0.4, -0.2) is 59.0 Å². The van der Waals surface area contributed by atoms with Crippen molar-refractivity contribution in [3.05, 3.63) is 11.3 Å². The van der Waals surface area contributed by atoms with Gasteiger partial charge in [0.1, 0.15) is 24.6 Å². The molecule has 7 nitrogen and oxygen atoms in total. The van der Waals surface area contributed by atoms with E-state index >= 15 is 0 Å². The standard InChI is InChI=1S/C14H20N2O5S2/c1-3-8-7-23-12-9(15)11(17)16(12)10(8)13(22)20-5-6-21-14(18)19-4-2/h9,12H,3-7,15H2,1-2H3/t9?,12-/m1/s1. The minimum Gasteiger partial charge on any atom is -0.478 e. The van der Waals surface area contributed by atoms with Gasteiger partial charge >= 0.3 is 6.16 Å². The summed E-state index contributed by atoms with van der Waals surface area (Å²) in [7, 11) is 0. The molecule has 1 saturated heterocycles. The van der Waals surface area contributed by atoms with Crippen LogP contribution in [0.1, 0.15) is 20.3 Å².